The standard InChI is InChI=1S/C17H27N3O4/c1-12(18-11-17(3,4)10-13(2)21)8-16(22)19-14-6-5-7-15(9-14)20(23)24/h5-7,9,12-13,18,21H,8,10-11H2,1-4H3,(H,19,22). The van der Waals surface area contributed by atoms with Gasteiger partial charge in [0.2, 0.25) is 5.91 Å². The molecule has 0 radical (unpaired) electrons. The van der Waals surface area contributed by atoms with Gasteiger partial charge in [0.25, 0.3) is 5.69 Å². The van der Waals surface area contributed by atoms with Crippen LogP contribution in [0.4, 0.5) is 11.4 Å². The van der Waals surface area contributed by atoms with Gasteiger partial charge in [-0.3, -0.25) is 14.9 Å². The van der Waals surface area contributed by atoms with Crippen LogP contribution in [0.2, 0.25) is 0 Å². The third kappa shape index (κ3) is 7.52. The molecule has 0 bridgehead atoms. The van der Waals surface area contributed by atoms with Gasteiger partial charge in [0, 0.05) is 36.8 Å². The first-order chi connectivity index (χ1) is 11.1. The molecule has 24 heavy (non-hydrogen) atoms. The number of benzene rings is 1. The number of hydrogen-bond acceptors (Lipinski definition) is 5. The van der Waals surface area contributed by atoms with E-state index < -0.39 is 4.92 Å². The fourth-order valence-corrected chi connectivity index (χ4v) is 2.58. The molecule has 7 heteroatoms. The maximum Gasteiger partial charge on any atom is 0.271 e. The summed E-state index contributed by atoms with van der Waals surface area (Å²) in [5.41, 5.74) is 0.286. The molecule has 0 aliphatic rings. The third-order valence-electron chi connectivity index (χ3n) is 3.61. The lowest BCUT2D eigenvalue weighted by Crippen LogP contribution is -2.38. The first-order valence-electron chi connectivity index (χ1n) is 8.05. The van der Waals surface area contributed by atoms with E-state index in [-0.39, 0.29) is 35.6 Å². The van der Waals surface area contributed by atoms with Crippen molar-refractivity contribution in [2.24, 2.45) is 5.41 Å². The number of aliphatic hydroxyl groups excluding tert-OH is 1. The second kappa shape index (κ2) is 8.75. The summed E-state index contributed by atoms with van der Waals surface area (Å²) in [5, 5.41) is 26.2. The van der Waals surface area contributed by atoms with E-state index in [1.807, 2.05) is 6.92 Å². The number of anilines is 1. The number of nitrogens with one attached hydrogen (secondary N) is 2. The lowest BCUT2D eigenvalue weighted by molar-refractivity contribution is -0.384. The molecule has 0 heterocycles. The Morgan fingerprint density at radius 2 is 2.04 bits per heavy atom. The van der Waals surface area contributed by atoms with Gasteiger partial charge in [-0.1, -0.05) is 19.9 Å². The zero-order valence-corrected chi connectivity index (χ0v) is 14.7. The van der Waals surface area contributed by atoms with Crippen LogP contribution >= 0.6 is 0 Å². The average Bonchev–Trinajstić information content (AvgIpc) is 2.44. The molecule has 134 valence electrons. The highest BCUT2D eigenvalue weighted by atomic mass is 16.6. The Bertz CT molecular complexity index is 573. The van der Waals surface area contributed by atoms with Gasteiger partial charge in [0.1, 0.15) is 0 Å². The number of aliphatic hydroxyl groups is 1. The number of amides is 1. The normalized spacial score (nSPS) is 14.0. The molecule has 1 aromatic carbocycles. The van der Waals surface area contributed by atoms with Crippen LogP contribution in [0.1, 0.15) is 40.5 Å². The van der Waals surface area contributed by atoms with Gasteiger partial charge in [-0.05, 0) is 31.7 Å². The fraction of sp³-hybridized carbons (Fsp3) is 0.588. The third-order valence-corrected chi connectivity index (χ3v) is 3.61. The molecule has 2 unspecified atom stereocenters. The van der Waals surface area contributed by atoms with Crippen LogP contribution in [0.15, 0.2) is 24.3 Å². The number of hydrogen-bond donors (Lipinski definition) is 3. The number of rotatable bonds is 9. The van der Waals surface area contributed by atoms with Crippen LogP contribution in [0, 0.1) is 15.5 Å². The molecular weight excluding hydrogens is 310 g/mol. The summed E-state index contributed by atoms with van der Waals surface area (Å²) in [6, 6.07) is 5.83. The Morgan fingerprint density at radius 1 is 1.38 bits per heavy atom. The van der Waals surface area contributed by atoms with Gasteiger partial charge < -0.3 is 15.7 Å². The van der Waals surface area contributed by atoms with Gasteiger partial charge in [0.15, 0.2) is 0 Å². The van der Waals surface area contributed by atoms with Crippen molar-refractivity contribution in [2.45, 2.75) is 52.7 Å². The van der Waals surface area contributed by atoms with Crippen molar-refractivity contribution in [3.05, 3.63) is 34.4 Å². The minimum Gasteiger partial charge on any atom is -0.393 e. The second-order valence-electron chi connectivity index (χ2n) is 7.06. The van der Waals surface area contributed by atoms with Crippen molar-refractivity contribution in [1.29, 1.82) is 0 Å². The predicted octanol–water partition coefficient (Wildman–Crippen LogP) is 2.70. The largest absolute Gasteiger partial charge is 0.393 e. The van der Waals surface area contributed by atoms with E-state index in [1.165, 1.54) is 18.2 Å². The highest BCUT2D eigenvalue weighted by Gasteiger charge is 2.21. The van der Waals surface area contributed by atoms with Crippen LogP contribution in [-0.2, 0) is 4.79 Å². The zero-order valence-electron chi connectivity index (χ0n) is 14.7. The Kier molecular flexibility index (Phi) is 7.31. The summed E-state index contributed by atoms with van der Waals surface area (Å²) in [5.74, 6) is -0.205. The lowest BCUT2D eigenvalue weighted by atomic mass is 9.86. The van der Waals surface area contributed by atoms with E-state index >= 15 is 0 Å². The van der Waals surface area contributed by atoms with Gasteiger partial charge in [-0.25, -0.2) is 0 Å². The predicted molar refractivity (Wildman–Crippen MR) is 93.9 cm³/mol. The van der Waals surface area contributed by atoms with E-state index in [0.717, 1.165) is 0 Å². The van der Waals surface area contributed by atoms with Gasteiger partial charge in [-0.15, -0.1) is 0 Å². The second-order valence-corrected chi connectivity index (χ2v) is 7.06. The summed E-state index contributed by atoms with van der Waals surface area (Å²) in [7, 11) is 0. The molecule has 7 nitrogen and oxygen atoms in total. The number of nitro benzene ring substituents is 1. The van der Waals surface area contributed by atoms with Gasteiger partial charge in [-0.2, -0.15) is 0 Å². The monoisotopic (exact) mass is 337 g/mol. The number of carbonyl (C=O) groups is 1. The minimum atomic E-state index is -0.496. The van der Waals surface area contributed by atoms with E-state index in [9.17, 15) is 20.0 Å². The molecule has 1 aromatic rings. The van der Waals surface area contributed by atoms with Gasteiger partial charge >= 0.3 is 0 Å². The van der Waals surface area contributed by atoms with Crippen molar-refractivity contribution < 1.29 is 14.8 Å². The first kappa shape index (κ1) is 20.1. The molecule has 0 fully saturated rings. The SMILES string of the molecule is CC(O)CC(C)(C)CNC(C)CC(=O)Nc1cccc([N+](=O)[O-])c1. The number of nitrogens with zero attached hydrogens (tertiary/aromatic N) is 1. The molecule has 0 saturated carbocycles. The Labute approximate surface area is 142 Å². The lowest BCUT2D eigenvalue weighted by Gasteiger charge is -2.28. The zero-order chi connectivity index (χ0) is 18.3. The smallest absolute Gasteiger partial charge is 0.271 e. The van der Waals surface area contributed by atoms with Gasteiger partial charge in [0.05, 0.1) is 11.0 Å². The van der Waals surface area contributed by atoms with E-state index in [4.69, 9.17) is 0 Å². The van der Waals surface area contributed by atoms with Crippen LogP contribution < -0.4 is 10.6 Å². The summed E-state index contributed by atoms with van der Waals surface area (Å²) in [6.45, 7) is 8.47. The molecular formula is C17H27N3O4. The quantitative estimate of drug-likeness (QED) is 0.475. The van der Waals surface area contributed by atoms with Crippen molar-refractivity contribution in [1.82, 2.24) is 5.32 Å². The molecule has 0 saturated heterocycles. The Morgan fingerprint density at radius 3 is 2.62 bits per heavy atom. The number of non-ortho nitro benzene ring substituents is 1. The van der Waals surface area contributed by atoms with E-state index in [2.05, 4.69) is 24.5 Å². The summed E-state index contributed by atoms with van der Waals surface area (Å²) in [4.78, 5) is 22.3. The molecule has 0 aromatic heterocycles. The fourth-order valence-electron chi connectivity index (χ4n) is 2.58. The number of carbonyl (C=O) groups excluding carboxylic acids is 1. The summed E-state index contributed by atoms with van der Waals surface area (Å²) >= 11 is 0. The molecule has 0 spiro atoms. The van der Waals surface area contributed by atoms with Crippen LogP contribution in [-0.4, -0.2) is 34.6 Å². The highest BCUT2D eigenvalue weighted by molar-refractivity contribution is 5.91. The topological polar surface area (TPSA) is 104 Å². The summed E-state index contributed by atoms with van der Waals surface area (Å²) in [6.07, 6.45) is 0.564. The maximum atomic E-state index is 12.0. The Balaban J connectivity index is 2.47. The molecule has 0 aliphatic carbocycles. The molecule has 3 N–H and O–H groups in total. The van der Waals surface area contributed by atoms with Crippen LogP contribution in [0.25, 0.3) is 0 Å². The van der Waals surface area contributed by atoms with Crippen LogP contribution in [0.5, 0.6) is 0 Å². The van der Waals surface area contributed by atoms with E-state index in [0.29, 0.717) is 18.7 Å². The van der Waals surface area contributed by atoms with Crippen molar-refractivity contribution in [3.8, 4) is 0 Å². The Hall–Kier alpha value is -1.99. The number of nitro groups is 1. The van der Waals surface area contributed by atoms with E-state index in [1.54, 1.807) is 13.0 Å². The summed E-state index contributed by atoms with van der Waals surface area (Å²) < 4.78 is 0. The minimum absolute atomic E-state index is 0.0445. The van der Waals surface area contributed by atoms with Crippen molar-refractivity contribution in [2.75, 3.05) is 11.9 Å². The molecule has 2 atom stereocenters. The molecule has 0 aliphatic heterocycles. The highest BCUT2D eigenvalue weighted by Crippen LogP contribution is 2.21. The van der Waals surface area contributed by atoms with Crippen LogP contribution in [0.3, 0.4) is 0 Å². The van der Waals surface area contributed by atoms with Crippen molar-refractivity contribution in [3.63, 3.8) is 0 Å². The maximum absolute atomic E-state index is 12.0. The van der Waals surface area contributed by atoms with Crippen molar-refractivity contribution >= 4 is 17.3 Å². The molecule has 1 rings (SSSR count). The molecule has 1 amide bonds. The average molecular weight is 337 g/mol. The first-order valence-corrected chi connectivity index (χ1v) is 8.05.